The highest BCUT2D eigenvalue weighted by Crippen LogP contribution is 2.25. The van der Waals surface area contributed by atoms with Crippen LogP contribution in [-0.2, 0) is 9.53 Å². The van der Waals surface area contributed by atoms with Gasteiger partial charge < -0.3 is 19.9 Å². The molecule has 1 heterocycles. The normalized spacial score (nSPS) is 12.3. The van der Waals surface area contributed by atoms with Crippen LogP contribution in [0.1, 0.15) is 29.9 Å². The van der Waals surface area contributed by atoms with E-state index in [1.54, 1.807) is 12.1 Å². The van der Waals surface area contributed by atoms with E-state index in [-0.39, 0.29) is 12.5 Å². The fraction of sp³-hybridized carbons (Fsp3) is 0.156. The van der Waals surface area contributed by atoms with Crippen LogP contribution in [0.2, 0.25) is 0 Å². The zero-order valence-corrected chi connectivity index (χ0v) is 22.3. The molecule has 0 fully saturated rings. The molecule has 0 unspecified atom stereocenters. The summed E-state index contributed by atoms with van der Waals surface area (Å²) in [5, 5.41) is 3.73. The lowest BCUT2D eigenvalue weighted by Gasteiger charge is -2.29. The van der Waals surface area contributed by atoms with E-state index in [0.717, 1.165) is 33.7 Å². The number of nitrogens with zero attached hydrogens (tertiary/aromatic N) is 2. The molecule has 7 heteroatoms. The molecule has 0 radical (unpaired) electrons. The Bertz CT molecular complexity index is 1480. The van der Waals surface area contributed by atoms with E-state index < -0.39 is 12.0 Å². The number of amides is 1. The number of benzene rings is 3. The molecule has 0 spiro atoms. The number of ether oxygens (including phenoxy) is 1. The smallest absolute Gasteiger partial charge is 0.330 e. The Kier molecular flexibility index (Phi) is 8.74. The van der Waals surface area contributed by atoms with Gasteiger partial charge in [-0.05, 0) is 68.5 Å². The summed E-state index contributed by atoms with van der Waals surface area (Å²) in [5.41, 5.74) is 5.33. The van der Waals surface area contributed by atoms with Crippen molar-refractivity contribution in [2.24, 2.45) is 4.99 Å². The van der Waals surface area contributed by atoms with Gasteiger partial charge >= 0.3 is 5.97 Å². The van der Waals surface area contributed by atoms with Gasteiger partial charge in [-0.25, -0.2) is 4.79 Å². The second-order valence-electron chi connectivity index (χ2n) is 9.05. The van der Waals surface area contributed by atoms with Crippen molar-refractivity contribution in [1.29, 1.82) is 0 Å². The first-order valence-corrected chi connectivity index (χ1v) is 12.7. The van der Waals surface area contributed by atoms with Crippen LogP contribution in [0.5, 0.6) is 0 Å². The van der Waals surface area contributed by atoms with Gasteiger partial charge in [-0.1, -0.05) is 49.1 Å². The zero-order valence-electron chi connectivity index (χ0n) is 22.3. The number of aromatic amines is 1. The van der Waals surface area contributed by atoms with Gasteiger partial charge in [0.1, 0.15) is 6.04 Å². The first-order valence-electron chi connectivity index (χ1n) is 12.7. The average Bonchev–Trinajstić information content (AvgIpc) is 3.39. The predicted molar refractivity (Wildman–Crippen MR) is 158 cm³/mol. The molecule has 0 saturated heterocycles. The topological polar surface area (TPSA) is 86.8 Å². The zero-order chi connectivity index (χ0) is 27.8. The number of carbonyl (C=O) groups is 2. The molecule has 0 saturated carbocycles. The van der Waals surface area contributed by atoms with Gasteiger partial charge in [-0.2, -0.15) is 0 Å². The highest BCUT2D eigenvalue weighted by molar-refractivity contribution is 6.11. The summed E-state index contributed by atoms with van der Waals surface area (Å²) in [6.45, 7) is 7.82. The van der Waals surface area contributed by atoms with E-state index in [4.69, 9.17) is 4.74 Å². The molecule has 39 heavy (non-hydrogen) atoms. The molecule has 0 aliphatic rings. The molecular formula is C32H32N4O3. The van der Waals surface area contributed by atoms with Crippen LogP contribution in [0, 0.1) is 0 Å². The summed E-state index contributed by atoms with van der Waals surface area (Å²) in [4.78, 5) is 36.0. The number of hydrogen-bond donors (Lipinski definition) is 2. The second kappa shape index (κ2) is 12.6. The minimum atomic E-state index is -0.913. The molecule has 2 N–H and O–H groups in total. The number of methoxy groups -OCH3 is 1. The molecule has 1 aromatic heterocycles. The van der Waals surface area contributed by atoms with Gasteiger partial charge in [-0.3, -0.25) is 9.79 Å². The first kappa shape index (κ1) is 27.1. The predicted octanol–water partition coefficient (Wildman–Crippen LogP) is 6.18. The largest absolute Gasteiger partial charge is 0.467 e. The molecule has 4 rings (SSSR count). The van der Waals surface area contributed by atoms with Gasteiger partial charge in [0.25, 0.3) is 5.91 Å². The van der Waals surface area contributed by atoms with Crippen molar-refractivity contribution in [3.63, 3.8) is 0 Å². The molecule has 1 atom stereocenters. The summed E-state index contributed by atoms with van der Waals surface area (Å²) in [6, 6.07) is 25.8. The van der Waals surface area contributed by atoms with Crippen LogP contribution < -0.4 is 10.2 Å². The third kappa shape index (κ3) is 6.70. The number of carbonyl (C=O) groups excluding carboxylic acids is 2. The summed E-state index contributed by atoms with van der Waals surface area (Å²) >= 11 is 0. The van der Waals surface area contributed by atoms with Crippen LogP contribution in [0.15, 0.2) is 114 Å². The van der Waals surface area contributed by atoms with Gasteiger partial charge in [0, 0.05) is 33.5 Å². The van der Waals surface area contributed by atoms with E-state index in [2.05, 4.69) is 21.9 Å². The summed E-state index contributed by atoms with van der Waals surface area (Å²) in [5.74, 6) is -0.905. The number of allylic oxidation sites excluding steroid dienone is 3. The summed E-state index contributed by atoms with van der Waals surface area (Å²) < 4.78 is 5.06. The van der Waals surface area contributed by atoms with Crippen molar-refractivity contribution in [3.05, 3.63) is 121 Å². The maximum absolute atomic E-state index is 13.4. The van der Waals surface area contributed by atoms with Gasteiger partial charge in [0.15, 0.2) is 0 Å². The molecule has 198 valence electrons. The maximum Gasteiger partial charge on any atom is 0.330 e. The number of rotatable bonds is 10. The third-order valence-electron chi connectivity index (χ3n) is 6.09. The monoisotopic (exact) mass is 520 g/mol. The van der Waals surface area contributed by atoms with E-state index in [0.29, 0.717) is 11.3 Å². The van der Waals surface area contributed by atoms with Crippen LogP contribution in [-0.4, -0.2) is 42.3 Å². The van der Waals surface area contributed by atoms with Crippen molar-refractivity contribution >= 4 is 39.9 Å². The number of hydrogen-bond acceptors (Lipinski definition) is 5. The number of H-pyrrole nitrogens is 1. The Labute approximate surface area is 228 Å². The summed E-state index contributed by atoms with van der Waals surface area (Å²) in [6.07, 6.45) is 3.81. The summed E-state index contributed by atoms with van der Waals surface area (Å²) in [7, 11) is 1.32. The lowest BCUT2D eigenvalue weighted by Crippen LogP contribution is -2.48. The van der Waals surface area contributed by atoms with E-state index in [9.17, 15) is 9.59 Å². The van der Waals surface area contributed by atoms with Gasteiger partial charge in [0.05, 0.1) is 25.1 Å². The van der Waals surface area contributed by atoms with Crippen LogP contribution in [0.4, 0.5) is 11.4 Å². The van der Waals surface area contributed by atoms with Crippen molar-refractivity contribution in [2.75, 3.05) is 18.6 Å². The Morgan fingerprint density at radius 1 is 1.03 bits per heavy atom. The number of aliphatic imine (C=N–C) groups is 1. The highest BCUT2D eigenvalue weighted by Gasteiger charge is 2.26. The number of anilines is 2. The van der Waals surface area contributed by atoms with Crippen LogP contribution in [0.25, 0.3) is 10.9 Å². The van der Waals surface area contributed by atoms with E-state index >= 15 is 0 Å². The lowest BCUT2D eigenvalue weighted by atomic mass is 10.1. The lowest BCUT2D eigenvalue weighted by molar-refractivity contribution is -0.142. The molecule has 0 aliphatic carbocycles. The molecule has 7 nitrogen and oxygen atoms in total. The van der Waals surface area contributed by atoms with E-state index in [1.165, 1.54) is 7.11 Å². The molecule has 3 aromatic carbocycles. The fourth-order valence-corrected chi connectivity index (χ4v) is 4.28. The fourth-order valence-electron chi connectivity index (χ4n) is 4.28. The van der Waals surface area contributed by atoms with Crippen molar-refractivity contribution in [2.45, 2.75) is 19.9 Å². The van der Waals surface area contributed by atoms with Crippen LogP contribution >= 0.6 is 0 Å². The number of aromatic nitrogens is 1. The molecular weight excluding hydrogens is 488 g/mol. The standard InChI is InChI=1S/C32H32N4O3/c1-5-12-28(33-22(2)3)29-20-24-19-23(17-18-27(24)34-29)31(37)35-30(32(38)39-4)21-36(25-13-8-6-9-14-25)26-15-10-7-11-16-26/h5-20,30,34H,2,21H2,1,3-4H3,(H,35,37)/b12-5-,33-28?/t30-/m0/s1. The number of esters is 1. The van der Waals surface area contributed by atoms with Gasteiger partial charge in [-0.15, -0.1) is 0 Å². The Morgan fingerprint density at radius 3 is 2.23 bits per heavy atom. The molecule has 1 amide bonds. The molecule has 0 bridgehead atoms. The third-order valence-corrected chi connectivity index (χ3v) is 6.09. The molecule has 0 aliphatic heterocycles. The molecule has 4 aromatic rings. The van der Waals surface area contributed by atoms with Crippen molar-refractivity contribution in [1.82, 2.24) is 10.3 Å². The maximum atomic E-state index is 13.4. The average molecular weight is 521 g/mol. The van der Waals surface area contributed by atoms with Crippen molar-refractivity contribution < 1.29 is 14.3 Å². The SMILES string of the molecule is C=C(C)N=C(/C=C\C)c1cc2cc(C(=O)N[C@@H](CN(c3ccccc3)c3ccccc3)C(=O)OC)ccc2[nH]1. The second-order valence-corrected chi connectivity index (χ2v) is 9.05. The number of para-hydroxylation sites is 2. The minimum Gasteiger partial charge on any atom is -0.467 e. The quantitative estimate of drug-likeness (QED) is 0.193. The van der Waals surface area contributed by atoms with Crippen molar-refractivity contribution in [3.8, 4) is 0 Å². The Morgan fingerprint density at radius 2 is 1.67 bits per heavy atom. The number of fused-ring (bicyclic) bond motifs is 1. The minimum absolute atomic E-state index is 0.188. The number of nitrogens with one attached hydrogen (secondary N) is 2. The Hall–Kier alpha value is -4.91. The highest BCUT2D eigenvalue weighted by atomic mass is 16.5. The van der Waals surface area contributed by atoms with Gasteiger partial charge in [0.2, 0.25) is 0 Å². The van der Waals surface area contributed by atoms with Crippen LogP contribution in [0.3, 0.4) is 0 Å². The first-order chi connectivity index (χ1) is 18.9. The Balaban J connectivity index is 1.61. The van der Waals surface area contributed by atoms with E-state index in [1.807, 2.05) is 104 Å².